The molecular formula is C11H11NO3. The highest BCUT2D eigenvalue weighted by Crippen LogP contribution is 2.16. The van der Waals surface area contributed by atoms with E-state index in [1.54, 1.807) is 6.07 Å². The van der Waals surface area contributed by atoms with Gasteiger partial charge in [0, 0.05) is 0 Å². The van der Waals surface area contributed by atoms with Gasteiger partial charge < -0.3 is 4.42 Å². The van der Waals surface area contributed by atoms with Crippen LogP contribution in [0.1, 0.15) is 18.1 Å². The van der Waals surface area contributed by atoms with Crippen molar-refractivity contribution in [1.82, 2.24) is 4.98 Å². The summed E-state index contributed by atoms with van der Waals surface area (Å²) in [6.45, 7) is 3.87. The Morgan fingerprint density at radius 3 is 2.73 bits per heavy atom. The predicted octanol–water partition coefficient (Wildman–Crippen LogP) is 1.35. The Hall–Kier alpha value is -1.84. The van der Waals surface area contributed by atoms with E-state index in [2.05, 4.69) is 9.40 Å². The molecule has 0 amide bonds. The van der Waals surface area contributed by atoms with Gasteiger partial charge in [0.15, 0.2) is 0 Å². The minimum atomic E-state index is -0.712. The third-order valence-electron chi connectivity index (χ3n) is 2.58. The van der Waals surface area contributed by atoms with E-state index < -0.39 is 11.4 Å². The number of hydrogen-bond acceptors (Lipinski definition) is 3. The zero-order chi connectivity index (χ0) is 11.0. The topological polar surface area (TPSA) is 63.1 Å². The number of H-pyrrole nitrogens is 1. The first-order chi connectivity index (χ1) is 7.13. The van der Waals surface area contributed by atoms with Crippen LogP contribution in [0.25, 0.3) is 10.9 Å². The number of aromatic nitrogens is 1. The first kappa shape index (κ1) is 9.71. The van der Waals surface area contributed by atoms with Crippen LogP contribution in [0.5, 0.6) is 0 Å². The molecule has 2 aromatic rings. The summed E-state index contributed by atoms with van der Waals surface area (Å²) in [7, 11) is 0. The van der Waals surface area contributed by atoms with E-state index in [-0.39, 0.29) is 0 Å². The molecule has 0 saturated carbocycles. The van der Waals surface area contributed by atoms with Gasteiger partial charge in [0.25, 0.3) is 0 Å². The standard InChI is InChI=1S/C11H11NO3/c1-3-7-4-5-8-9(6(7)2)10(13)15-11(14)12-8/h4-5H,3H2,1-2H3,(H,12,14). The molecule has 1 aromatic heterocycles. The van der Waals surface area contributed by atoms with Gasteiger partial charge in [0.2, 0.25) is 0 Å². The van der Waals surface area contributed by atoms with E-state index in [1.807, 2.05) is 19.9 Å². The van der Waals surface area contributed by atoms with Crippen LogP contribution >= 0.6 is 0 Å². The molecule has 0 fully saturated rings. The van der Waals surface area contributed by atoms with Crippen molar-refractivity contribution in [2.45, 2.75) is 20.3 Å². The van der Waals surface area contributed by atoms with Gasteiger partial charge >= 0.3 is 11.4 Å². The maximum Gasteiger partial charge on any atom is 0.419 e. The minimum Gasteiger partial charge on any atom is -0.372 e. The average molecular weight is 205 g/mol. The molecule has 0 aliphatic rings. The predicted molar refractivity (Wildman–Crippen MR) is 57.2 cm³/mol. The molecule has 0 aliphatic heterocycles. The summed E-state index contributed by atoms with van der Waals surface area (Å²) in [6, 6.07) is 3.65. The van der Waals surface area contributed by atoms with Crippen LogP contribution in [-0.4, -0.2) is 4.98 Å². The molecule has 1 aromatic carbocycles. The third kappa shape index (κ3) is 1.48. The molecule has 1 heterocycles. The fourth-order valence-corrected chi connectivity index (χ4v) is 1.78. The smallest absolute Gasteiger partial charge is 0.372 e. The van der Waals surface area contributed by atoms with Crippen LogP contribution in [0.15, 0.2) is 26.1 Å². The van der Waals surface area contributed by atoms with Gasteiger partial charge in [-0.15, -0.1) is 0 Å². The summed E-state index contributed by atoms with van der Waals surface area (Å²) >= 11 is 0. The monoisotopic (exact) mass is 205 g/mol. The van der Waals surface area contributed by atoms with Gasteiger partial charge in [0.1, 0.15) is 0 Å². The molecule has 0 aliphatic carbocycles. The van der Waals surface area contributed by atoms with Crippen LogP contribution in [0.4, 0.5) is 0 Å². The lowest BCUT2D eigenvalue weighted by atomic mass is 10.0. The summed E-state index contributed by atoms with van der Waals surface area (Å²) in [4.78, 5) is 25.0. The van der Waals surface area contributed by atoms with Gasteiger partial charge in [-0.1, -0.05) is 13.0 Å². The Kier molecular flexibility index (Phi) is 2.19. The number of hydrogen-bond donors (Lipinski definition) is 1. The van der Waals surface area contributed by atoms with Gasteiger partial charge in [-0.05, 0) is 30.5 Å². The van der Waals surface area contributed by atoms with Crippen LogP contribution in [-0.2, 0) is 6.42 Å². The normalized spacial score (nSPS) is 10.8. The summed E-state index contributed by atoms with van der Waals surface area (Å²) in [5.41, 5.74) is 1.93. The van der Waals surface area contributed by atoms with Crippen molar-refractivity contribution >= 4 is 10.9 Å². The SMILES string of the molecule is CCc1ccc2[nH]c(=O)oc(=O)c2c1C. The Balaban J connectivity index is 3.00. The first-order valence-corrected chi connectivity index (χ1v) is 4.79. The van der Waals surface area contributed by atoms with E-state index in [0.717, 1.165) is 17.5 Å². The molecule has 0 saturated heterocycles. The summed E-state index contributed by atoms with van der Waals surface area (Å²) in [6.07, 6.45) is 0.848. The molecule has 0 unspecified atom stereocenters. The van der Waals surface area contributed by atoms with Crippen LogP contribution in [0.2, 0.25) is 0 Å². The van der Waals surface area contributed by atoms with E-state index in [4.69, 9.17) is 0 Å². The number of nitrogens with one attached hydrogen (secondary N) is 1. The van der Waals surface area contributed by atoms with E-state index in [0.29, 0.717) is 10.9 Å². The Bertz CT molecular complexity index is 622. The zero-order valence-electron chi connectivity index (χ0n) is 8.59. The number of benzene rings is 1. The van der Waals surface area contributed by atoms with Crippen LogP contribution in [0.3, 0.4) is 0 Å². The van der Waals surface area contributed by atoms with Crippen molar-refractivity contribution < 1.29 is 4.42 Å². The van der Waals surface area contributed by atoms with Gasteiger partial charge in [-0.3, -0.25) is 4.98 Å². The Labute approximate surface area is 85.6 Å². The van der Waals surface area contributed by atoms with E-state index in [1.165, 1.54) is 0 Å². The van der Waals surface area contributed by atoms with Crippen molar-refractivity contribution in [2.24, 2.45) is 0 Å². The van der Waals surface area contributed by atoms with Crippen molar-refractivity contribution in [2.75, 3.05) is 0 Å². The molecule has 78 valence electrons. The molecule has 0 radical (unpaired) electrons. The fourth-order valence-electron chi connectivity index (χ4n) is 1.78. The van der Waals surface area contributed by atoms with Gasteiger partial charge in [-0.2, -0.15) is 0 Å². The molecule has 0 bridgehead atoms. The van der Waals surface area contributed by atoms with Gasteiger partial charge in [0.05, 0.1) is 10.9 Å². The molecule has 0 atom stereocenters. The maximum atomic E-state index is 11.5. The molecule has 15 heavy (non-hydrogen) atoms. The second kappa shape index (κ2) is 3.38. The number of aryl methyl sites for hydroxylation is 2. The van der Waals surface area contributed by atoms with Crippen LogP contribution < -0.4 is 11.4 Å². The minimum absolute atomic E-state index is 0.467. The van der Waals surface area contributed by atoms with Crippen LogP contribution in [0, 0.1) is 6.92 Å². The molecule has 4 heteroatoms. The van der Waals surface area contributed by atoms with Crippen molar-refractivity contribution in [3.05, 3.63) is 44.2 Å². The largest absolute Gasteiger partial charge is 0.419 e. The second-order valence-electron chi connectivity index (χ2n) is 3.43. The Morgan fingerprint density at radius 1 is 1.33 bits per heavy atom. The van der Waals surface area contributed by atoms with Crippen molar-refractivity contribution in [3.8, 4) is 0 Å². The zero-order valence-corrected chi connectivity index (χ0v) is 8.59. The highest BCUT2D eigenvalue weighted by molar-refractivity contribution is 5.81. The molecular weight excluding hydrogens is 194 g/mol. The molecule has 0 spiro atoms. The lowest BCUT2D eigenvalue weighted by molar-refractivity contribution is 0.460. The highest BCUT2D eigenvalue weighted by atomic mass is 16.4. The number of rotatable bonds is 1. The quantitative estimate of drug-likeness (QED) is 0.764. The number of aromatic amines is 1. The maximum absolute atomic E-state index is 11.5. The lowest BCUT2D eigenvalue weighted by Crippen LogP contribution is -2.15. The highest BCUT2D eigenvalue weighted by Gasteiger charge is 2.08. The summed E-state index contributed by atoms with van der Waals surface area (Å²) in [5, 5.41) is 0.467. The average Bonchev–Trinajstić information content (AvgIpc) is 2.17. The van der Waals surface area contributed by atoms with E-state index in [9.17, 15) is 9.59 Å². The fraction of sp³-hybridized carbons (Fsp3) is 0.273. The Morgan fingerprint density at radius 2 is 2.07 bits per heavy atom. The second-order valence-corrected chi connectivity index (χ2v) is 3.43. The summed E-state index contributed by atoms with van der Waals surface area (Å²) in [5.74, 6) is -0.712. The van der Waals surface area contributed by atoms with E-state index >= 15 is 0 Å². The number of fused-ring (bicyclic) bond motifs is 1. The van der Waals surface area contributed by atoms with Crippen molar-refractivity contribution in [3.63, 3.8) is 0 Å². The first-order valence-electron chi connectivity index (χ1n) is 4.79. The third-order valence-corrected chi connectivity index (χ3v) is 2.58. The lowest BCUT2D eigenvalue weighted by Gasteiger charge is -2.04. The summed E-state index contributed by atoms with van der Waals surface area (Å²) < 4.78 is 4.50. The molecule has 2 rings (SSSR count). The molecule has 1 N–H and O–H groups in total. The van der Waals surface area contributed by atoms with Gasteiger partial charge in [-0.25, -0.2) is 9.59 Å². The van der Waals surface area contributed by atoms with Crippen molar-refractivity contribution in [1.29, 1.82) is 0 Å². The molecule has 4 nitrogen and oxygen atoms in total.